The molecule has 3 nitrogen and oxygen atoms in total. The van der Waals surface area contributed by atoms with Gasteiger partial charge in [-0.25, -0.2) is 0 Å². The van der Waals surface area contributed by atoms with Crippen LogP contribution in [0.2, 0.25) is 0 Å². The van der Waals surface area contributed by atoms with E-state index in [0.717, 1.165) is 30.3 Å². The zero-order valence-corrected chi connectivity index (χ0v) is 18.2. The lowest BCUT2D eigenvalue weighted by Gasteiger charge is -2.23. The highest BCUT2D eigenvalue weighted by Gasteiger charge is 2.24. The molecular formula is C25H29N2OS+. The largest absolute Gasteiger partial charge is 0.488 e. The molecule has 2 N–H and O–H groups in total. The van der Waals surface area contributed by atoms with Gasteiger partial charge in [0.25, 0.3) is 0 Å². The van der Waals surface area contributed by atoms with E-state index < -0.39 is 0 Å². The maximum Gasteiger partial charge on any atom is 0.137 e. The number of benzene rings is 3. The predicted molar refractivity (Wildman–Crippen MR) is 122 cm³/mol. The number of nitrogens with one attached hydrogen (secondary N) is 2. The topological polar surface area (TPSA) is 25.7 Å². The van der Waals surface area contributed by atoms with Gasteiger partial charge in [-0.15, -0.1) is 11.8 Å². The third-order valence-electron chi connectivity index (χ3n) is 5.26. The molecule has 150 valence electrons. The number of quaternary nitrogens is 1. The fourth-order valence-electron chi connectivity index (χ4n) is 3.64. The molecule has 1 heterocycles. The Balaban J connectivity index is 1.60. The number of fused-ring (bicyclic) bond motifs is 2. The molecule has 0 saturated carbocycles. The second-order valence-electron chi connectivity index (χ2n) is 7.94. The highest BCUT2D eigenvalue weighted by molar-refractivity contribution is 7.98. The van der Waals surface area contributed by atoms with Crippen molar-refractivity contribution >= 4 is 17.4 Å². The summed E-state index contributed by atoms with van der Waals surface area (Å²) in [7, 11) is 4.28. The van der Waals surface area contributed by atoms with Gasteiger partial charge in [0.05, 0.1) is 20.1 Å². The van der Waals surface area contributed by atoms with E-state index in [-0.39, 0.29) is 6.04 Å². The van der Waals surface area contributed by atoms with Gasteiger partial charge in [0.15, 0.2) is 0 Å². The van der Waals surface area contributed by atoms with Crippen LogP contribution in [0.25, 0.3) is 0 Å². The summed E-state index contributed by atoms with van der Waals surface area (Å²) in [6, 6.07) is 24.1. The van der Waals surface area contributed by atoms with E-state index in [9.17, 15) is 0 Å². The summed E-state index contributed by atoms with van der Waals surface area (Å²) in [5.74, 6) is 1.93. The molecule has 29 heavy (non-hydrogen) atoms. The first-order chi connectivity index (χ1) is 14.1. The molecule has 4 heteroatoms. The molecule has 1 aliphatic heterocycles. The number of anilines is 1. The molecule has 1 atom stereocenters. The predicted octanol–water partition coefficient (Wildman–Crippen LogP) is 4.33. The highest BCUT2D eigenvalue weighted by Crippen LogP contribution is 2.41. The normalized spacial score (nSPS) is 15.4. The van der Waals surface area contributed by atoms with E-state index in [4.69, 9.17) is 4.74 Å². The zero-order valence-electron chi connectivity index (χ0n) is 17.4. The average Bonchev–Trinajstić information content (AvgIpc) is 2.86. The Morgan fingerprint density at radius 3 is 2.59 bits per heavy atom. The Labute approximate surface area is 178 Å². The molecule has 1 aliphatic rings. The summed E-state index contributed by atoms with van der Waals surface area (Å²) in [4.78, 5) is 2.75. The van der Waals surface area contributed by atoms with Crippen LogP contribution in [0.5, 0.6) is 5.75 Å². The maximum absolute atomic E-state index is 5.86. The highest BCUT2D eigenvalue weighted by atomic mass is 32.2. The Morgan fingerprint density at radius 2 is 1.79 bits per heavy atom. The number of likely N-dealkylation sites (N-methyl/N-ethyl adjacent to an activating group) is 1. The van der Waals surface area contributed by atoms with Gasteiger partial charge in [-0.2, -0.15) is 0 Å². The molecule has 0 bridgehead atoms. The van der Waals surface area contributed by atoms with Crippen LogP contribution < -0.4 is 15.0 Å². The molecule has 0 spiro atoms. The summed E-state index contributed by atoms with van der Waals surface area (Å²) in [5, 5.41) is 3.79. The SMILES string of the molecule is Cc1ccc2c(c1)[C@H](Nc1ccc(OCC[NH+](C)C)cc1)c1ccccc1CS2. The van der Waals surface area contributed by atoms with Crippen molar-refractivity contribution in [2.75, 3.05) is 32.6 Å². The van der Waals surface area contributed by atoms with Crippen LogP contribution in [0, 0.1) is 6.92 Å². The molecule has 0 fully saturated rings. The van der Waals surface area contributed by atoms with Crippen molar-refractivity contribution in [2.24, 2.45) is 0 Å². The lowest BCUT2D eigenvalue weighted by Crippen LogP contribution is -3.06. The van der Waals surface area contributed by atoms with Gasteiger partial charge in [0.1, 0.15) is 18.9 Å². The third-order valence-corrected chi connectivity index (χ3v) is 6.40. The van der Waals surface area contributed by atoms with Crippen molar-refractivity contribution in [1.82, 2.24) is 0 Å². The third kappa shape index (κ3) is 4.77. The zero-order chi connectivity index (χ0) is 20.2. The van der Waals surface area contributed by atoms with E-state index >= 15 is 0 Å². The molecule has 3 aromatic carbocycles. The van der Waals surface area contributed by atoms with Crippen molar-refractivity contribution in [2.45, 2.75) is 23.6 Å². The first-order valence-electron chi connectivity index (χ1n) is 10.2. The van der Waals surface area contributed by atoms with Gasteiger partial charge >= 0.3 is 0 Å². The van der Waals surface area contributed by atoms with Crippen LogP contribution in [0.4, 0.5) is 5.69 Å². The van der Waals surface area contributed by atoms with Crippen LogP contribution in [0.3, 0.4) is 0 Å². The summed E-state index contributed by atoms with van der Waals surface area (Å²) in [6.45, 7) is 3.89. The van der Waals surface area contributed by atoms with E-state index in [1.165, 1.54) is 32.0 Å². The van der Waals surface area contributed by atoms with Crippen molar-refractivity contribution in [3.05, 3.63) is 89.0 Å². The Bertz CT molecular complexity index is 969. The minimum atomic E-state index is 0.139. The fraction of sp³-hybridized carbons (Fsp3) is 0.280. The van der Waals surface area contributed by atoms with Crippen LogP contribution in [-0.2, 0) is 5.75 Å². The van der Waals surface area contributed by atoms with Gasteiger partial charge < -0.3 is 15.0 Å². The Morgan fingerprint density at radius 1 is 1.00 bits per heavy atom. The van der Waals surface area contributed by atoms with Gasteiger partial charge in [-0.05, 0) is 53.9 Å². The van der Waals surface area contributed by atoms with Gasteiger partial charge in [0.2, 0.25) is 0 Å². The standard InChI is InChI=1S/C25H28N2OS/c1-18-8-13-24-23(16-18)25(22-7-5-4-6-19(22)17-29-24)26-20-9-11-21(12-10-20)28-15-14-27(2)3/h4-13,16,25-26H,14-15,17H2,1-3H3/p+1/t25-/m1/s1. The Kier molecular flexibility index (Phi) is 6.12. The molecule has 4 rings (SSSR count). The first kappa shape index (κ1) is 19.9. The van der Waals surface area contributed by atoms with Crippen LogP contribution in [-0.4, -0.2) is 27.2 Å². The maximum atomic E-state index is 5.86. The van der Waals surface area contributed by atoms with E-state index in [1.807, 2.05) is 11.8 Å². The lowest BCUT2D eigenvalue weighted by molar-refractivity contribution is -0.858. The molecule has 3 aromatic rings. The molecule has 0 aliphatic carbocycles. The average molecular weight is 406 g/mol. The number of hydrogen-bond donors (Lipinski definition) is 2. The fourth-order valence-corrected chi connectivity index (χ4v) is 4.72. The molecule has 0 radical (unpaired) electrons. The molecule has 0 saturated heterocycles. The number of rotatable bonds is 6. The minimum Gasteiger partial charge on any atom is -0.488 e. The molecular weight excluding hydrogens is 376 g/mol. The van der Waals surface area contributed by atoms with E-state index in [1.54, 1.807) is 0 Å². The molecule has 0 unspecified atom stereocenters. The van der Waals surface area contributed by atoms with Gasteiger partial charge in [-0.3, -0.25) is 0 Å². The molecule has 0 amide bonds. The van der Waals surface area contributed by atoms with Crippen molar-refractivity contribution in [3.63, 3.8) is 0 Å². The van der Waals surface area contributed by atoms with Crippen molar-refractivity contribution in [3.8, 4) is 5.75 Å². The smallest absolute Gasteiger partial charge is 0.137 e. The van der Waals surface area contributed by atoms with E-state index in [0.29, 0.717) is 0 Å². The minimum absolute atomic E-state index is 0.139. The number of hydrogen-bond acceptors (Lipinski definition) is 3. The summed E-state index contributed by atoms with van der Waals surface area (Å²) in [5.41, 5.74) is 6.51. The second kappa shape index (κ2) is 8.93. The monoisotopic (exact) mass is 405 g/mol. The van der Waals surface area contributed by atoms with Crippen LogP contribution in [0.15, 0.2) is 71.6 Å². The van der Waals surface area contributed by atoms with E-state index in [2.05, 4.69) is 93.1 Å². The van der Waals surface area contributed by atoms with Gasteiger partial charge in [-0.1, -0.05) is 42.0 Å². The van der Waals surface area contributed by atoms with Crippen LogP contribution in [0.1, 0.15) is 28.3 Å². The Hall–Kier alpha value is -2.43. The number of aryl methyl sites for hydroxylation is 1. The molecule has 0 aromatic heterocycles. The quantitative estimate of drug-likeness (QED) is 0.639. The van der Waals surface area contributed by atoms with Crippen molar-refractivity contribution in [1.29, 1.82) is 0 Å². The first-order valence-corrected chi connectivity index (χ1v) is 11.2. The summed E-state index contributed by atoms with van der Waals surface area (Å²) >= 11 is 1.93. The lowest BCUT2D eigenvalue weighted by atomic mass is 9.94. The van der Waals surface area contributed by atoms with Gasteiger partial charge in [0, 0.05) is 16.3 Å². The van der Waals surface area contributed by atoms with Crippen molar-refractivity contribution < 1.29 is 9.64 Å². The second-order valence-corrected chi connectivity index (χ2v) is 8.95. The number of thioether (sulfide) groups is 1. The summed E-state index contributed by atoms with van der Waals surface area (Å²) < 4.78 is 5.86. The number of ether oxygens (including phenoxy) is 1. The van der Waals surface area contributed by atoms with Crippen LogP contribution >= 0.6 is 11.8 Å². The summed E-state index contributed by atoms with van der Waals surface area (Å²) in [6.07, 6.45) is 0.